The molecule has 0 spiro atoms. The van der Waals surface area contributed by atoms with Gasteiger partial charge in [0.2, 0.25) is 10.0 Å². The monoisotopic (exact) mass is 362 g/mol. The summed E-state index contributed by atoms with van der Waals surface area (Å²) in [6.45, 7) is 0.659. The highest BCUT2D eigenvalue weighted by atomic mass is 32.2. The second-order valence-electron chi connectivity index (χ2n) is 5.84. The predicted octanol–water partition coefficient (Wildman–Crippen LogP) is 1.33. The van der Waals surface area contributed by atoms with Crippen molar-refractivity contribution >= 4 is 16.0 Å². The van der Waals surface area contributed by atoms with Crippen molar-refractivity contribution in [2.75, 3.05) is 6.54 Å². The van der Waals surface area contributed by atoms with E-state index in [1.807, 2.05) is 0 Å². The zero-order valence-electron chi connectivity index (χ0n) is 13.4. The fourth-order valence-corrected chi connectivity index (χ4v) is 3.76. The minimum atomic E-state index is -3.79. The molecule has 0 fully saturated rings. The Morgan fingerprint density at radius 3 is 2.76 bits per heavy atom. The first-order chi connectivity index (χ1) is 12.0. The minimum Gasteiger partial charge on any atom is -0.481 e. The summed E-state index contributed by atoms with van der Waals surface area (Å²) in [6, 6.07) is 10.0. The Morgan fingerprint density at radius 2 is 2.04 bits per heavy atom. The third-order valence-electron chi connectivity index (χ3n) is 4.05. The van der Waals surface area contributed by atoms with E-state index < -0.39 is 21.9 Å². The van der Waals surface area contributed by atoms with E-state index in [-0.39, 0.29) is 17.9 Å². The maximum atomic E-state index is 12.5. The largest absolute Gasteiger partial charge is 0.481 e. The molecule has 0 saturated carbocycles. The molecule has 1 aliphatic heterocycles. The SMILES string of the molecule is O=C(O)C(CNS(=O)(=O)c1ccc2c(c1)COC2)Cc1ccccn1. The molecule has 1 aromatic carbocycles. The zero-order chi connectivity index (χ0) is 17.9. The van der Waals surface area contributed by atoms with Crippen molar-refractivity contribution in [2.24, 2.45) is 5.92 Å². The van der Waals surface area contributed by atoms with Gasteiger partial charge in [-0.05, 0) is 35.4 Å². The molecule has 1 unspecified atom stereocenters. The lowest BCUT2D eigenvalue weighted by Crippen LogP contribution is -2.34. The quantitative estimate of drug-likeness (QED) is 0.770. The second kappa shape index (κ2) is 7.30. The molecule has 8 heteroatoms. The van der Waals surface area contributed by atoms with Crippen molar-refractivity contribution < 1.29 is 23.1 Å². The van der Waals surface area contributed by atoms with E-state index in [1.165, 1.54) is 6.07 Å². The van der Waals surface area contributed by atoms with E-state index in [2.05, 4.69) is 9.71 Å². The minimum absolute atomic E-state index is 0.110. The van der Waals surface area contributed by atoms with Crippen molar-refractivity contribution in [3.05, 3.63) is 59.4 Å². The third-order valence-corrected chi connectivity index (χ3v) is 5.48. The Hall–Kier alpha value is -2.29. The fourth-order valence-electron chi connectivity index (χ4n) is 2.63. The van der Waals surface area contributed by atoms with E-state index in [1.54, 1.807) is 36.5 Å². The van der Waals surface area contributed by atoms with E-state index in [0.29, 0.717) is 18.9 Å². The molecular formula is C17H18N2O5S. The smallest absolute Gasteiger partial charge is 0.308 e. The van der Waals surface area contributed by atoms with Crippen molar-refractivity contribution in [3.8, 4) is 0 Å². The van der Waals surface area contributed by atoms with Gasteiger partial charge in [-0.3, -0.25) is 9.78 Å². The molecule has 1 aromatic heterocycles. The van der Waals surface area contributed by atoms with Crippen LogP contribution in [0, 0.1) is 5.92 Å². The van der Waals surface area contributed by atoms with Gasteiger partial charge in [0.15, 0.2) is 0 Å². The lowest BCUT2D eigenvalue weighted by molar-refractivity contribution is -0.141. The first-order valence-electron chi connectivity index (χ1n) is 7.77. The van der Waals surface area contributed by atoms with Crippen LogP contribution in [0.3, 0.4) is 0 Å². The Labute approximate surface area is 145 Å². The average Bonchev–Trinajstić information content (AvgIpc) is 3.07. The molecule has 132 valence electrons. The molecule has 2 N–H and O–H groups in total. The van der Waals surface area contributed by atoms with Gasteiger partial charge in [-0.1, -0.05) is 12.1 Å². The second-order valence-corrected chi connectivity index (χ2v) is 7.60. The van der Waals surface area contributed by atoms with Crippen LogP contribution in [0.5, 0.6) is 0 Å². The number of aromatic nitrogens is 1. The molecular weight excluding hydrogens is 344 g/mol. The lowest BCUT2D eigenvalue weighted by atomic mass is 10.0. The van der Waals surface area contributed by atoms with E-state index in [0.717, 1.165) is 11.1 Å². The van der Waals surface area contributed by atoms with Crippen molar-refractivity contribution in [2.45, 2.75) is 24.5 Å². The molecule has 0 bridgehead atoms. The first kappa shape index (κ1) is 17.5. The summed E-state index contributed by atoms with van der Waals surface area (Å²) in [4.78, 5) is 15.6. The van der Waals surface area contributed by atoms with Crippen LogP contribution in [0.15, 0.2) is 47.5 Å². The summed E-state index contributed by atoms with van der Waals surface area (Å²) in [7, 11) is -3.79. The molecule has 1 atom stereocenters. The number of sulfonamides is 1. The molecule has 2 aromatic rings. The van der Waals surface area contributed by atoms with Gasteiger partial charge < -0.3 is 9.84 Å². The number of carbonyl (C=O) groups is 1. The maximum absolute atomic E-state index is 12.5. The number of carboxylic acids is 1. The van der Waals surface area contributed by atoms with Crippen molar-refractivity contribution in [1.29, 1.82) is 0 Å². The number of benzene rings is 1. The lowest BCUT2D eigenvalue weighted by Gasteiger charge is -2.14. The van der Waals surface area contributed by atoms with E-state index in [4.69, 9.17) is 4.74 Å². The van der Waals surface area contributed by atoms with E-state index >= 15 is 0 Å². The van der Waals surface area contributed by atoms with Crippen LogP contribution in [-0.2, 0) is 39.2 Å². The maximum Gasteiger partial charge on any atom is 0.308 e. The molecule has 0 amide bonds. The number of ether oxygens (including phenoxy) is 1. The number of rotatable bonds is 7. The van der Waals surface area contributed by atoms with Gasteiger partial charge in [0.25, 0.3) is 0 Å². The van der Waals surface area contributed by atoms with Gasteiger partial charge in [-0.2, -0.15) is 0 Å². The summed E-state index contributed by atoms with van der Waals surface area (Å²) < 4.78 is 32.6. The van der Waals surface area contributed by atoms with Gasteiger partial charge in [-0.25, -0.2) is 13.1 Å². The van der Waals surface area contributed by atoms with Crippen LogP contribution in [0.1, 0.15) is 16.8 Å². The summed E-state index contributed by atoms with van der Waals surface area (Å²) in [5.74, 6) is -1.97. The highest BCUT2D eigenvalue weighted by Gasteiger charge is 2.24. The summed E-state index contributed by atoms with van der Waals surface area (Å²) in [5.41, 5.74) is 2.41. The number of nitrogens with zero attached hydrogens (tertiary/aromatic N) is 1. The standard InChI is InChI=1S/C17H18N2O5S/c20-17(21)13(7-15-3-1-2-6-18-15)9-19-25(22,23)16-5-4-12-10-24-11-14(12)8-16/h1-6,8,13,19H,7,9-11H2,(H,20,21). The summed E-state index contributed by atoms with van der Waals surface area (Å²) in [6.07, 6.45) is 1.72. The molecule has 25 heavy (non-hydrogen) atoms. The molecule has 2 heterocycles. The van der Waals surface area contributed by atoms with Crippen LogP contribution < -0.4 is 4.72 Å². The molecule has 1 aliphatic rings. The number of hydrogen-bond donors (Lipinski definition) is 2. The number of fused-ring (bicyclic) bond motifs is 1. The Bertz CT molecular complexity index is 868. The fraction of sp³-hybridized carbons (Fsp3) is 0.294. The third kappa shape index (κ3) is 4.22. The van der Waals surface area contributed by atoms with Gasteiger partial charge in [-0.15, -0.1) is 0 Å². The zero-order valence-corrected chi connectivity index (χ0v) is 14.2. The van der Waals surface area contributed by atoms with Crippen molar-refractivity contribution in [3.63, 3.8) is 0 Å². The summed E-state index contributed by atoms with van der Waals surface area (Å²) in [5, 5.41) is 9.35. The Kier molecular flexibility index (Phi) is 5.12. The van der Waals surface area contributed by atoms with Crippen molar-refractivity contribution in [1.82, 2.24) is 9.71 Å². The van der Waals surface area contributed by atoms with Gasteiger partial charge >= 0.3 is 5.97 Å². The first-order valence-corrected chi connectivity index (χ1v) is 9.26. The number of nitrogens with one attached hydrogen (secondary N) is 1. The van der Waals surface area contributed by atoms with Gasteiger partial charge in [0, 0.05) is 24.9 Å². The molecule has 0 aliphatic carbocycles. The van der Waals surface area contributed by atoms with E-state index in [9.17, 15) is 18.3 Å². The normalized spacial score (nSPS) is 14.9. The van der Waals surface area contributed by atoms with Gasteiger partial charge in [0.05, 0.1) is 24.0 Å². The number of aliphatic carboxylic acids is 1. The highest BCUT2D eigenvalue weighted by Crippen LogP contribution is 2.23. The Morgan fingerprint density at radius 1 is 1.24 bits per heavy atom. The topological polar surface area (TPSA) is 106 Å². The van der Waals surface area contributed by atoms with Crippen LogP contribution in [-0.4, -0.2) is 31.0 Å². The molecule has 7 nitrogen and oxygen atoms in total. The molecule has 0 radical (unpaired) electrons. The molecule has 0 saturated heterocycles. The van der Waals surface area contributed by atoms with Gasteiger partial charge in [0.1, 0.15) is 0 Å². The number of hydrogen-bond acceptors (Lipinski definition) is 5. The average molecular weight is 362 g/mol. The predicted molar refractivity (Wildman–Crippen MR) is 89.2 cm³/mol. The Balaban J connectivity index is 1.70. The van der Waals surface area contributed by atoms with Crippen LogP contribution in [0.25, 0.3) is 0 Å². The number of carboxylic acid groups (broad SMARTS) is 1. The molecule has 3 rings (SSSR count). The number of pyridine rings is 1. The van der Waals surface area contributed by atoms with Crippen LogP contribution in [0.4, 0.5) is 0 Å². The summed E-state index contributed by atoms with van der Waals surface area (Å²) >= 11 is 0. The van der Waals surface area contributed by atoms with Crippen LogP contribution in [0.2, 0.25) is 0 Å². The highest BCUT2D eigenvalue weighted by molar-refractivity contribution is 7.89. The van der Waals surface area contributed by atoms with Crippen LogP contribution >= 0.6 is 0 Å².